The number of pyridine rings is 1. The van der Waals surface area contributed by atoms with Crippen molar-refractivity contribution in [2.45, 2.75) is 50.7 Å². The fourth-order valence-corrected chi connectivity index (χ4v) is 2.81. The van der Waals surface area contributed by atoms with Crippen molar-refractivity contribution in [3.05, 3.63) is 30.1 Å². The minimum absolute atomic E-state index is 0.0363. The molecule has 106 valence electrons. The molecule has 2 rings (SSSR count). The highest BCUT2D eigenvalue weighted by molar-refractivity contribution is 5.12. The SMILES string of the molecule is CC(N)C(c1ccccn1)N(CCCO)C1CCC1. The zero-order valence-electron chi connectivity index (χ0n) is 11.7. The highest BCUT2D eigenvalue weighted by Crippen LogP contribution is 2.33. The number of aliphatic hydroxyl groups excluding tert-OH is 1. The maximum absolute atomic E-state index is 9.11. The van der Waals surface area contributed by atoms with E-state index in [9.17, 15) is 0 Å². The molecule has 1 aromatic heterocycles. The summed E-state index contributed by atoms with van der Waals surface area (Å²) in [5.74, 6) is 0. The highest BCUT2D eigenvalue weighted by Gasteiger charge is 2.33. The van der Waals surface area contributed by atoms with E-state index in [1.54, 1.807) is 0 Å². The van der Waals surface area contributed by atoms with Gasteiger partial charge in [0.1, 0.15) is 0 Å². The lowest BCUT2D eigenvalue weighted by Crippen LogP contribution is -2.48. The second-order valence-corrected chi connectivity index (χ2v) is 5.46. The summed E-state index contributed by atoms with van der Waals surface area (Å²) in [6.45, 7) is 3.17. The lowest BCUT2D eigenvalue weighted by atomic mass is 9.88. The van der Waals surface area contributed by atoms with Crippen molar-refractivity contribution >= 4 is 0 Å². The smallest absolute Gasteiger partial charge is 0.0673 e. The van der Waals surface area contributed by atoms with Crippen molar-refractivity contribution < 1.29 is 5.11 Å². The van der Waals surface area contributed by atoms with E-state index < -0.39 is 0 Å². The van der Waals surface area contributed by atoms with Gasteiger partial charge in [-0.2, -0.15) is 0 Å². The summed E-state index contributed by atoms with van der Waals surface area (Å²) < 4.78 is 0. The molecule has 4 heteroatoms. The molecular formula is C15H25N3O. The third-order valence-corrected chi connectivity index (χ3v) is 3.96. The van der Waals surface area contributed by atoms with Crippen LogP contribution in [0.15, 0.2) is 24.4 Å². The van der Waals surface area contributed by atoms with Gasteiger partial charge >= 0.3 is 0 Å². The van der Waals surface area contributed by atoms with Crippen LogP contribution >= 0.6 is 0 Å². The van der Waals surface area contributed by atoms with Gasteiger partial charge in [0.25, 0.3) is 0 Å². The normalized spacial score (nSPS) is 19.2. The van der Waals surface area contributed by atoms with Gasteiger partial charge in [0, 0.05) is 31.4 Å². The Kier molecular flexibility index (Phi) is 5.31. The number of hydrogen-bond acceptors (Lipinski definition) is 4. The third kappa shape index (κ3) is 3.53. The molecule has 3 N–H and O–H groups in total. The molecule has 0 aliphatic heterocycles. The van der Waals surface area contributed by atoms with Crippen molar-refractivity contribution in [3.63, 3.8) is 0 Å². The number of hydrogen-bond donors (Lipinski definition) is 2. The van der Waals surface area contributed by atoms with Gasteiger partial charge in [0.15, 0.2) is 0 Å². The third-order valence-electron chi connectivity index (χ3n) is 3.96. The molecule has 0 aromatic carbocycles. The Balaban J connectivity index is 2.18. The van der Waals surface area contributed by atoms with Crippen molar-refractivity contribution in [1.29, 1.82) is 0 Å². The Labute approximate surface area is 115 Å². The minimum atomic E-state index is 0.0363. The Morgan fingerprint density at radius 2 is 2.26 bits per heavy atom. The minimum Gasteiger partial charge on any atom is -0.396 e. The summed E-state index contributed by atoms with van der Waals surface area (Å²) in [7, 11) is 0. The molecule has 1 aliphatic carbocycles. The molecule has 19 heavy (non-hydrogen) atoms. The predicted octanol–water partition coefficient (Wildman–Crippen LogP) is 1.71. The zero-order chi connectivity index (χ0) is 13.7. The largest absolute Gasteiger partial charge is 0.396 e. The van der Waals surface area contributed by atoms with Crippen LogP contribution in [0, 0.1) is 0 Å². The second-order valence-electron chi connectivity index (χ2n) is 5.46. The lowest BCUT2D eigenvalue weighted by molar-refractivity contribution is 0.0594. The zero-order valence-corrected chi connectivity index (χ0v) is 11.7. The first-order valence-corrected chi connectivity index (χ1v) is 7.27. The fourth-order valence-electron chi connectivity index (χ4n) is 2.81. The summed E-state index contributed by atoms with van der Waals surface area (Å²) >= 11 is 0. The molecule has 0 amide bonds. The van der Waals surface area contributed by atoms with Crippen molar-refractivity contribution in [2.75, 3.05) is 13.2 Å². The van der Waals surface area contributed by atoms with Crippen LogP contribution < -0.4 is 5.73 Å². The van der Waals surface area contributed by atoms with Crippen LogP contribution in [0.25, 0.3) is 0 Å². The van der Waals surface area contributed by atoms with E-state index in [4.69, 9.17) is 10.8 Å². The van der Waals surface area contributed by atoms with Crippen LogP contribution in [0.3, 0.4) is 0 Å². The first-order valence-electron chi connectivity index (χ1n) is 7.27. The summed E-state index contributed by atoms with van der Waals surface area (Å²) in [5.41, 5.74) is 7.26. The first-order chi connectivity index (χ1) is 9.24. The summed E-state index contributed by atoms with van der Waals surface area (Å²) in [5, 5.41) is 9.11. The molecule has 0 saturated heterocycles. The standard InChI is InChI=1S/C15H25N3O/c1-12(16)15(14-8-2-3-9-17-14)18(10-5-11-19)13-6-4-7-13/h2-3,8-9,12-13,15,19H,4-7,10-11,16H2,1H3. The van der Waals surface area contributed by atoms with Crippen molar-refractivity contribution in [1.82, 2.24) is 9.88 Å². The summed E-state index contributed by atoms with van der Waals surface area (Å²) in [4.78, 5) is 6.94. The van der Waals surface area contributed by atoms with Crippen LogP contribution in [-0.4, -0.2) is 40.2 Å². The topological polar surface area (TPSA) is 62.4 Å². The average molecular weight is 263 g/mol. The van der Waals surface area contributed by atoms with Crippen molar-refractivity contribution in [2.24, 2.45) is 5.73 Å². The second kappa shape index (κ2) is 6.98. The molecule has 1 aliphatic rings. The van der Waals surface area contributed by atoms with Gasteiger partial charge in [0.2, 0.25) is 0 Å². The van der Waals surface area contributed by atoms with E-state index in [0.717, 1.165) is 18.7 Å². The van der Waals surface area contributed by atoms with Crippen LogP contribution in [0.5, 0.6) is 0 Å². The molecule has 0 bridgehead atoms. The highest BCUT2D eigenvalue weighted by atomic mass is 16.3. The Bertz CT molecular complexity index is 365. The average Bonchev–Trinajstić information content (AvgIpc) is 2.34. The molecule has 4 nitrogen and oxygen atoms in total. The summed E-state index contributed by atoms with van der Waals surface area (Å²) in [6.07, 6.45) is 6.40. The lowest BCUT2D eigenvalue weighted by Gasteiger charge is -2.43. The van der Waals surface area contributed by atoms with Crippen LogP contribution in [0.2, 0.25) is 0 Å². The van der Waals surface area contributed by atoms with E-state index in [1.165, 1.54) is 19.3 Å². The van der Waals surface area contributed by atoms with E-state index in [-0.39, 0.29) is 18.7 Å². The molecular weight excluding hydrogens is 238 g/mol. The van der Waals surface area contributed by atoms with Gasteiger partial charge in [-0.25, -0.2) is 0 Å². The Hall–Kier alpha value is -0.970. The van der Waals surface area contributed by atoms with Gasteiger partial charge in [-0.15, -0.1) is 0 Å². The van der Waals surface area contributed by atoms with Gasteiger partial charge in [-0.1, -0.05) is 12.5 Å². The molecule has 2 unspecified atom stereocenters. The molecule has 1 aromatic rings. The molecule has 1 heterocycles. The van der Waals surface area contributed by atoms with Gasteiger partial charge < -0.3 is 10.8 Å². The van der Waals surface area contributed by atoms with Crippen LogP contribution in [-0.2, 0) is 0 Å². The number of nitrogens with zero attached hydrogens (tertiary/aromatic N) is 2. The number of aliphatic hydroxyl groups is 1. The number of aromatic nitrogens is 1. The van der Waals surface area contributed by atoms with Crippen LogP contribution in [0.4, 0.5) is 0 Å². The van der Waals surface area contributed by atoms with E-state index >= 15 is 0 Å². The van der Waals surface area contributed by atoms with Crippen molar-refractivity contribution in [3.8, 4) is 0 Å². The monoisotopic (exact) mass is 263 g/mol. The maximum atomic E-state index is 9.11. The first kappa shape index (κ1) is 14.4. The van der Waals surface area contributed by atoms with Gasteiger partial charge in [-0.3, -0.25) is 9.88 Å². The predicted molar refractivity (Wildman–Crippen MR) is 76.7 cm³/mol. The molecule has 1 saturated carbocycles. The van der Waals surface area contributed by atoms with Gasteiger partial charge in [-0.05, 0) is 38.3 Å². The molecule has 0 spiro atoms. The Morgan fingerprint density at radius 3 is 2.74 bits per heavy atom. The van der Waals surface area contributed by atoms with E-state index in [0.29, 0.717) is 6.04 Å². The molecule has 2 atom stereocenters. The van der Waals surface area contributed by atoms with Crippen LogP contribution in [0.1, 0.15) is 44.3 Å². The number of rotatable bonds is 7. The number of nitrogens with two attached hydrogens (primary N) is 1. The maximum Gasteiger partial charge on any atom is 0.0673 e. The molecule has 1 fully saturated rings. The fraction of sp³-hybridized carbons (Fsp3) is 0.667. The quantitative estimate of drug-likeness (QED) is 0.786. The van der Waals surface area contributed by atoms with Gasteiger partial charge in [0.05, 0.1) is 11.7 Å². The molecule has 0 radical (unpaired) electrons. The Morgan fingerprint density at radius 1 is 1.47 bits per heavy atom. The summed E-state index contributed by atoms with van der Waals surface area (Å²) in [6, 6.07) is 6.79. The van der Waals surface area contributed by atoms with E-state index in [1.807, 2.05) is 25.3 Å². The van der Waals surface area contributed by atoms with E-state index in [2.05, 4.69) is 16.0 Å².